The molecule has 0 atom stereocenters. The lowest BCUT2D eigenvalue weighted by atomic mass is 9.93. The number of nitrogens with two attached hydrogens (primary N) is 1. The maximum atomic E-state index is 13.3. The molecule has 342 valence electrons. The fourth-order valence-electron chi connectivity index (χ4n) is 8.08. The van der Waals surface area contributed by atoms with E-state index in [1.54, 1.807) is 51.1 Å². The zero-order chi connectivity index (χ0) is 47.5. The number of carboxylic acid groups (broad SMARTS) is 1. The van der Waals surface area contributed by atoms with Crippen molar-refractivity contribution in [1.29, 1.82) is 0 Å². The molecule has 17 nitrogen and oxygen atoms in total. The molecule has 0 radical (unpaired) electrons. The predicted molar refractivity (Wildman–Crippen MR) is 249 cm³/mol. The van der Waals surface area contributed by atoms with E-state index >= 15 is 0 Å². The molecular formula is C46H50N6O11S2. The number of carbonyl (C=O) groups is 3. The van der Waals surface area contributed by atoms with Crippen LogP contribution in [0, 0.1) is 41.5 Å². The summed E-state index contributed by atoms with van der Waals surface area (Å²) in [6.45, 7) is 11.1. The van der Waals surface area contributed by atoms with Crippen LogP contribution in [0.15, 0.2) is 85.9 Å². The van der Waals surface area contributed by atoms with Crippen molar-refractivity contribution < 1.29 is 49.8 Å². The Morgan fingerprint density at radius 2 is 1.32 bits per heavy atom. The smallest absolute Gasteiger partial charge is 0.319 e. The second-order valence-corrected chi connectivity index (χ2v) is 18.6. The molecule has 2 aliphatic rings. The van der Waals surface area contributed by atoms with Crippen molar-refractivity contribution in [3.63, 3.8) is 0 Å². The Morgan fingerprint density at radius 3 is 1.98 bits per heavy atom. The number of fused-ring (bicyclic) bond motifs is 2. The normalized spacial score (nSPS) is 12.1. The molecule has 0 saturated heterocycles. The first-order valence-corrected chi connectivity index (χ1v) is 23.4. The number of carbonyl (C=O) groups excluding carboxylic acids is 2. The maximum absolute atomic E-state index is 13.3. The van der Waals surface area contributed by atoms with E-state index in [0.29, 0.717) is 76.2 Å². The molecule has 0 aromatic heterocycles. The molecule has 65 heavy (non-hydrogen) atoms. The van der Waals surface area contributed by atoms with Crippen LogP contribution in [0.4, 0.5) is 38.0 Å². The highest BCUT2D eigenvalue weighted by molar-refractivity contribution is 7.86. The number of benzene rings is 5. The van der Waals surface area contributed by atoms with Crippen LogP contribution in [0.1, 0.15) is 65.5 Å². The third-order valence-corrected chi connectivity index (χ3v) is 12.8. The molecule has 1 aliphatic carbocycles. The maximum Gasteiger partial charge on any atom is 0.319 e. The third-order valence-electron chi connectivity index (χ3n) is 11.0. The molecule has 9 N–H and O–H groups in total. The Kier molecular flexibility index (Phi) is 14.0. The monoisotopic (exact) mass is 926 g/mol. The minimum Gasteiger partial charge on any atom is -0.481 e. The van der Waals surface area contributed by atoms with Gasteiger partial charge in [0.1, 0.15) is 21.1 Å². The van der Waals surface area contributed by atoms with Gasteiger partial charge in [-0.1, -0.05) is 43.2 Å². The molecule has 1 heterocycles. The standard InChI is InChI=1S/C46H50N6O11S2/c1-24-19-26(3)43(51-45(47)55)28(5)41(24)49-30-16-17-31-35(21-30)63-36-23-34(38(65(60,61)62)22-33(36)40(31)32-13-10-11-14-37(32)64(57,58)59)50-42-25(2)20-27(4)44(29(42)6)52-46(56)48-18-12-8-7-9-15-39(53)54/h10-11,13-14,16-17,19-23,49H,7-9,12,15,18H2,1-6H3,(H,53,54)(H3,47,51,55)(H2,48,52,56)(H,57,58,59)(H,60,61,62). The highest BCUT2D eigenvalue weighted by Gasteiger charge is 2.27. The van der Waals surface area contributed by atoms with Crippen LogP contribution in [-0.2, 0) is 25.0 Å². The van der Waals surface area contributed by atoms with Gasteiger partial charge in [-0.25, -0.2) is 14.6 Å². The van der Waals surface area contributed by atoms with Crippen molar-refractivity contribution in [3.05, 3.63) is 105 Å². The van der Waals surface area contributed by atoms with Gasteiger partial charge < -0.3 is 36.5 Å². The van der Waals surface area contributed by atoms with Gasteiger partial charge in [0.25, 0.3) is 20.2 Å². The molecule has 19 heteroatoms. The highest BCUT2D eigenvalue weighted by Crippen LogP contribution is 2.44. The van der Waals surface area contributed by atoms with Gasteiger partial charge in [-0.3, -0.25) is 13.9 Å². The quantitative estimate of drug-likeness (QED) is 0.0272. The average Bonchev–Trinajstić information content (AvgIpc) is 3.21. The van der Waals surface area contributed by atoms with E-state index in [0.717, 1.165) is 23.6 Å². The molecule has 6 rings (SSSR count). The molecule has 0 bridgehead atoms. The van der Waals surface area contributed by atoms with Gasteiger partial charge in [-0.05, 0) is 112 Å². The number of carboxylic acids is 1. The largest absolute Gasteiger partial charge is 0.481 e. The van der Waals surface area contributed by atoms with Crippen LogP contribution in [0.2, 0.25) is 0 Å². The number of nitrogens with one attached hydrogen (secondary N) is 4. The molecule has 4 aromatic carbocycles. The van der Waals surface area contributed by atoms with E-state index in [9.17, 15) is 40.3 Å². The van der Waals surface area contributed by atoms with Gasteiger partial charge in [-0.2, -0.15) is 16.8 Å². The summed E-state index contributed by atoms with van der Waals surface area (Å²) in [5.41, 5.74) is 12.4. The molecule has 0 unspecified atom stereocenters. The second-order valence-electron chi connectivity index (χ2n) is 15.9. The highest BCUT2D eigenvalue weighted by atomic mass is 32.2. The number of hydrogen-bond donors (Lipinski definition) is 8. The Hall–Kier alpha value is -6.80. The summed E-state index contributed by atoms with van der Waals surface area (Å²) in [4.78, 5) is 39.3. The fourth-order valence-corrected chi connectivity index (χ4v) is 9.41. The van der Waals surface area contributed by atoms with Gasteiger partial charge in [0.2, 0.25) is 0 Å². The minimum atomic E-state index is -5.04. The zero-order valence-electron chi connectivity index (χ0n) is 36.5. The lowest BCUT2D eigenvalue weighted by molar-refractivity contribution is -0.137. The van der Waals surface area contributed by atoms with E-state index in [1.165, 1.54) is 24.3 Å². The van der Waals surface area contributed by atoms with Crippen LogP contribution < -0.4 is 32.4 Å². The number of rotatable bonds is 15. The summed E-state index contributed by atoms with van der Waals surface area (Å²) in [6, 6.07) is 15.5. The summed E-state index contributed by atoms with van der Waals surface area (Å²) in [5.74, 6) is -0.825. The SMILES string of the molecule is Cc1cc(C)c(NC(=O)NCCCCCCC(=O)O)c(C)c1N=c1cc2oc3cc(Nc4c(C)cc(C)c(NC(N)=O)c4C)ccc3c(-c3ccccc3S(=O)(=O)O)c-2cc1S(=O)(=O)O. The van der Waals surface area contributed by atoms with E-state index in [2.05, 4.69) is 21.3 Å². The Morgan fingerprint density at radius 1 is 0.692 bits per heavy atom. The van der Waals surface area contributed by atoms with E-state index in [4.69, 9.17) is 20.2 Å². The zero-order valence-corrected chi connectivity index (χ0v) is 38.2. The van der Waals surface area contributed by atoms with Gasteiger partial charge in [0, 0.05) is 58.5 Å². The second kappa shape index (κ2) is 19.1. The number of urea groups is 2. The number of primary amides is 1. The van der Waals surface area contributed by atoms with E-state index in [-0.39, 0.29) is 45.5 Å². The van der Waals surface area contributed by atoms with Gasteiger partial charge in [0.05, 0.1) is 22.4 Å². The van der Waals surface area contributed by atoms with Crippen molar-refractivity contribution in [1.82, 2.24) is 5.32 Å². The van der Waals surface area contributed by atoms with Crippen LogP contribution >= 0.6 is 0 Å². The number of anilines is 4. The summed E-state index contributed by atoms with van der Waals surface area (Å²) < 4.78 is 79.7. The topological polar surface area (TPSA) is 280 Å². The first-order valence-electron chi connectivity index (χ1n) is 20.5. The Labute approximate surface area is 376 Å². The number of unbranched alkanes of at least 4 members (excludes halogenated alkanes) is 3. The molecule has 0 fully saturated rings. The number of hydrogen-bond acceptors (Lipinski definition) is 10. The van der Waals surface area contributed by atoms with Crippen LogP contribution in [0.25, 0.3) is 33.4 Å². The summed E-state index contributed by atoms with van der Waals surface area (Å²) in [7, 11) is -9.88. The van der Waals surface area contributed by atoms with Gasteiger partial charge in [-0.15, -0.1) is 0 Å². The molecule has 1 aliphatic heterocycles. The fraction of sp³-hybridized carbons (Fsp3) is 0.261. The summed E-state index contributed by atoms with van der Waals surface area (Å²) in [6.07, 6.45) is 2.73. The third kappa shape index (κ3) is 10.8. The van der Waals surface area contributed by atoms with Crippen LogP contribution in [-0.4, -0.2) is 55.6 Å². The average molecular weight is 927 g/mol. The minimum absolute atomic E-state index is 0.0114. The van der Waals surface area contributed by atoms with Crippen molar-refractivity contribution >= 4 is 77.7 Å². The lowest BCUT2D eigenvalue weighted by Crippen LogP contribution is -2.30. The number of amides is 4. The first kappa shape index (κ1) is 47.7. The number of nitrogens with zero attached hydrogens (tertiary/aromatic N) is 1. The van der Waals surface area contributed by atoms with Crippen molar-refractivity contribution in [2.45, 2.75) is 83.4 Å². The molecule has 4 aromatic rings. The predicted octanol–water partition coefficient (Wildman–Crippen LogP) is 9.17. The number of aryl methyl sites for hydroxylation is 4. The van der Waals surface area contributed by atoms with E-state index < -0.39 is 48.1 Å². The van der Waals surface area contributed by atoms with Crippen molar-refractivity contribution in [2.75, 3.05) is 22.5 Å². The lowest BCUT2D eigenvalue weighted by Gasteiger charge is -2.20. The van der Waals surface area contributed by atoms with E-state index in [1.807, 2.05) is 26.8 Å². The van der Waals surface area contributed by atoms with Crippen LogP contribution in [0.5, 0.6) is 0 Å². The Balaban J connectivity index is 1.53. The first-order chi connectivity index (χ1) is 30.5. The molecule has 4 amide bonds. The van der Waals surface area contributed by atoms with Gasteiger partial charge in [0.15, 0.2) is 0 Å². The molecule has 0 saturated carbocycles. The summed E-state index contributed by atoms with van der Waals surface area (Å²) in [5, 5.41) is 20.6. The molecular weight excluding hydrogens is 877 g/mol. The van der Waals surface area contributed by atoms with Gasteiger partial charge >= 0.3 is 18.0 Å². The van der Waals surface area contributed by atoms with Crippen molar-refractivity contribution in [2.24, 2.45) is 10.7 Å². The molecule has 0 spiro atoms. The van der Waals surface area contributed by atoms with Crippen LogP contribution in [0.3, 0.4) is 0 Å². The summed E-state index contributed by atoms with van der Waals surface area (Å²) >= 11 is 0. The number of aliphatic carboxylic acids is 1. The van der Waals surface area contributed by atoms with Crippen molar-refractivity contribution in [3.8, 4) is 22.5 Å². The Bertz CT molecular complexity index is 3160.